The Bertz CT molecular complexity index is 1030. The Hall–Kier alpha value is -2.02. The first-order valence-corrected chi connectivity index (χ1v) is 10.8. The summed E-state index contributed by atoms with van der Waals surface area (Å²) in [6, 6.07) is 20.7. The molecule has 1 aliphatic heterocycles. The van der Waals surface area contributed by atoms with Gasteiger partial charge in [0.25, 0.3) is 0 Å². The van der Waals surface area contributed by atoms with E-state index in [9.17, 15) is 8.42 Å². The molecule has 134 valence electrons. The SMILES string of the molecule is COc1ccc([C@H]2SCCN2S(=O)(=O)c2ccc3ccccc3c2)cc1. The number of sulfonamides is 1. The van der Waals surface area contributed by atoms with Gasteiger partial charge in [0, 0.05) is 12.3 Å². The van der Waals surface area contributed by atoms with E-state index in [4.69, 9.17) is 4.74 Å². The van der Waals surface area contributed by atoms with Gasteiger partial charge in [0.2, 0.25) is 10.0 Å². The average molecular weight is 386 g/mol. The van der Waals surface area contributed by atoms with Crippen LogP contribution in [0, 0.1) is 0 Å². The summed E-state index contributed by atoms with van der Waals surface area (Å²) in [4.78, 5) is 0.345. The predicted molar refractivity (Wildman–Crippen MR) is 106 cm³/mol. The molecule has 1 saturated heterocycles. The lowest BCUT2D eigenvalue weighted by molar-refractivity contribution is 0.413. The molecule has 1 heterocycles. The number of methoxy groups -OCH3 is 1. The lowest BCUT2D eigenvalue weighted by atomic mass is 10.1. The fraction of sp³-hybridized carbons (Fsp3) is 0.200. The summed E-state index contributed by atoms with van der Waals surface area (Å²) < 4.78 is 33.3. The summed E-state index contributed by atoms with van der Waals surface area (Å²) in [6.45, 7) is 0.510. The Labute approximate surface area is 157 Å². The number of thioether (sulfide) groups is 1. The minimum absolute atomic E-state index is 0.211. The Morgan fingerprint density at radius 2 is 1.73 bits per heavy atom. The highest BCUT2D eigenvalue weighted by molar-refractivity contribution is 8.01. The molecule has 4 rings (SSSR count). The Morgan fingerprint density at radius 3 is 2.46 bits per heavy atom. The van der Waals surface area contributed by atoms with Gasteiger partial charge in [-0.1, -0.05) is 42.5 Å². The van der Waals surface area contributed by atoms with Crippen LogP contribution in [0.2, 0.25) is 0 Å². The molecule has 0 aliphatic carbocycles. The highest BCUT2D eigenvalue weighted by atomic mass is 32.2. The van der Waals surface area contributed by atoms with Crippen molar-refractivity contribution < 1.29 is 13.2 Å². The van der Waals surface area contributed by atoms with E-state index in [0.717, 1.165) is 27.8 Å². The first kappa shape index (κ1) is 17.4. The van der Waals surface area contributed by atoms with Crippen molar-refractivity contribution in [2.75, 3.05) is 19.4 Å². The van der Waals surface area contributed by atoms with Crippen LogP contribution in [0.4, 0.5) is 0 Å². The topological polar surface area (TPSA) is 46.6 Å². The van der Waals surface area contributed by atoms with Crippen LogP contribution < -0.4 is 4.74 Å². The van der Waals surface area contributed by atoms with E-state index in [0.29, 0.717) is 11.4 Å². The maximum Gasteiger partial charge on any atom is 0.244 e. The van der Waals surface area contributed by atoms with Gasteiger partial charge in [-0.05, 0) is 40.6 Å². The summed E-state index contributed by atoms with van der Waals surface area (Å²) in [5, 5.41) is 1.76. The lowest BCUT2D eigenvalue weighted by Gasteiger charge is -2.24. The van der Waals surface area contributed by atoms with Crippen LogP contribution >= 0.6 is 11.8 Å². The molecular formula is C20H19NO3S2. The number of hydrogen-bond acceptors (Lipinski definition) is 4. The lowest BCUT2D eigenvalue weighted by Crippen LogP contribution is -2.30. The number of nitrogens with zero attached hydrogens (tertiary/aromatic N) is 1. The van der Waals surface area contributed by atoms with Crippen LogP contribution in [0.3, 0.4) is 0 Å². The molecule has 0 aromatic heterocycles. The molecule has 0 unspecified atom stereocenters. The second kappa shape index (κ2) is 6.95. The first-order chi connectivity index (χ1) is 12.6. The molecule has 0 spiro atoms. The highest BCUT2D eigenvalue weighted by Gasteiger charge is 2.36. The summed E-state index contributed by atoms with van der Waals surface area (Å²) in [7, 11) is -1.94. The third-order valence-electron chi connectivity index (χ3n) is 4.58. The number of fused-ring (bicyclic) bond motifs is 1. The van der Waals surface area contributed by atoms with Gasteiger partial charge in [-0.3, -0.25) is 0 Å². The number of ether oxygens (including phenoxy) is 1. The molecule has 3 aromatic carbocycles. The minimum atomic E-state index is -3.56. The van der Waals surface area contributed by atoms with E-state index in [1.54, 1.807) is 35.3 Å². The number of rotatable bonds is 4. The molecule has 0 saturated carbocycles. The van der Waals surface area contributed by atoms with Gasteiger partial charge in [0.1, 0.15) is 5.75 Å². The number of hydrogen-bond donors (Lipinski definition) is 0. The zero-order valence-corrected chi connectivity index (χ0v) is 16.0. The highest BCUT2D eigenvalue weighted by Crippen LogP contribution is 2.42. The van der Waals surface area contributed by atoms with Gasteiger partial charge in [0.15, 0.2) is 0 Å². The van der Waals surface area contributed by atoms with E-state index >= 15 is 0 Å². The second-order valence-corrected chi connectivity index (χ2v) is 9.20. The van der Waals surface area contributed by atoms with Gasteiger partial charge in [-0.25, -0.2) is 8.42 Å². The molecule has 0 amide bonds. The van der Waals surface area contributed by atoms with E-state index in [2.05, 4.69) is 0 Å². The van der Waals surface area contributed by atoms with Crippen LogP contribution in [-0.2, 0) is 10.0 Å². The first-order valence-electron chi connectivity index (χ1n) is 8.36. The van der Waals surface area contributed by atoms with Gasteiger partial charge in [-0.2, -0.15) is 4.31 Å². The average Bonchev–Trinajstić information content (AvgIpc) is 3.18. The van der Waals surface area contributed by atoms with Crippen molar-refractivity contribution in [1.29, 1.82) is 0 Å². The Morgan fingerprint density at radius 1 is 1.00 bits per heavy atom. The summed E-state index contributed by atoms with van der Waals surface area (Å²) in [5.74, 6) is 1.55. The molecule has 6 heteroatoms. The van der Waals surface area contributed by atoms with Crippen molar-refractivity contribution >= 4 is 32.6 Å². The second-order valence-electron chi connectivity index (χ2n) is 6.12. The van der Waals surface area contributed by atoms with E-state index in [-0.39, 0.29) is 5.37 Å². The third-order valence-corrected chi connectivity index (χ3v) is 7.83. The van der Waals surface area contributed by atoms with Crippen LogP contribution in [-0.4, -0.2) is 32.1 Å². The van der Waals surface area contributed by atoms with Crippen molar-refractivity contribution in [3.8, 4) is 5.75 Å². The monoisotopic (exact) mass is 385 g/mol. The van der Waals surface area contributed by atoms with Crippen molar-refractivity contribution in [3.05, 3.63) is 72.3 Å². The van der Waals surface area contributed by atoms with Gasteiger partial charge in [-0.15, -0.1) is 11.8 Å². The van der Waals surface area contributed by atoms with Crippen molar-refractivity contribution in [3.63, 3.8) is 0 Å². The minimum Gasteiger partial charge on any atom is -0.497 e. The van der Waals surface area contributed by atoms with Crippen molar-refractivity contribution in [1.82, 2.24) is 4.31 Å². The molecule has 1 fully saturated rings. The number of benzene rings is 3. The molecule has 26 heavy (non-hydrogen) atoms. The van der Waals surface area contributed by atoms with E-state index in [1.807, 2.05) is 54.6 Å². The quantitative estimate of drug-likeness (QED) is 0.672. The van der Waals surface area contributed by atoms with Gasteiger partial charge < -0.3 is 4.74 Å². The van der Waals surface area contributed by atoms with E-state index < -0.39 is 10.0 Å². The zero-order chi connectivity index (χ0) is 18.1. The molecular weight excluding hydrogens is 366 g/mol. The van der Waals surface area contributed by atoms with Crippen LogP contribution in [0.25, 0.3) is 10.8 Å². The van der Waals surface area contributed by atoms with Gasteiger partial charge in [0.05, 0.1) is 17.4 Å². The maximum absolute atomic E-state index is 13.3. The summed E-state index contributed by atoms with van der Waals surface area (Å²) >= 11 is 1.65. The van der Waals surface area contributed by atoms with Crippen molar-refractivity contribution in [2.24, 2.45) is 0 Å². The Kier molecular flexibility index (Phi) is 4.65. The molecule has 0 N–H and O–H groups in total. The van der Waals surface area contributed by atoms with E-state index in [1.165, 1.54) is 0 Å². The largest absolute Gasteiger partial charge is 0.497 e. The fourth-order valence-corrected chi connectivity index (χ4v) is 6.47. The summed E-state index contributed by atoms with van der Waals surface area (Å²) in [5.41, 5.74) is 0.970. The predicted octanol–water partition coefficient (Wildman–Crippen LogP) is 4.28. The third kappa shape index (κ3) is 3.09. The van der Waals surface area contributed by atoms with Crippen LogP contribution in [0.15, 0.2) is 71.6 Å². The van der Waals surface area contributed by atoms with Crippen LogP contribution in [0.5, 0.6) is 5.75 Å². The normalized spacial score (nSPS) is 18.3. The van der Waals surface area contributed by atoms with Crippen molar-refractivity contribution in [2.45, 2.75) is 10.3 Å². The standard InChI is InChI=1S/C20H19NO3S2/c1-24-18-9-6-16(7-10-18)20-21(12-13-25-20)26(22,23)19-11-8-15-4-2-3-5-17(15)14-19/h2-11,14,20H,12-13H2,1H3/t20-/m1/s1. The van der Waals surface area contributed by atoms with Gasteiger partial charge >= 0.3 is 0 Å². The molecule has 1 aliphatic rings. The molecule has 0 radical (unpaired) electrons. The van der Waals surface area contributed by atoms with Crippen LogP contribution in [0.1, 0.15) is 10.9 Å². The molecule has 3 aromatic rings. The smallest absolute Gasteiger partial charge is 0.244 e. The Balaban J connectivity index is 1.70. The fourth-order valence-electron chi connectivity index (χ4n) is 3.20. The maximum atomic E-state index is 13.3. The molecule has 1 atom stereocenters. The summed E-state index contributed by atoms with van der Waals surface area (Å²) in [6.07, 6.45) is 0. The zero-order valence-electron chi connectivity index (χ0n) is 14.3. The molecule has 4 nitrogen and oxygen atoms in total. The molecule has 0 bridgehead atoms.